The van der Waals surface area contributed by atoms with Crippen LogP contribution >= 0.6 is 0 Å². The number of methoxy groups -OCH3 is 1. The predicted molar refractivity (Wildman–Crippen MR) is 109 cm³/mol. The van der Waals surface area contributed by atoms with Crippen molar-refractivity contribution in [2.75, 3.05) is 25.1 Å². The van der Waals surface area contributed by atoms with Gasteiger partial charge in [0, 0.05) is 26.4 Å². The molecule has 1 aliphatic heterocycles. The van der Waals surface area contributed by atoms with Crippen molar-refractivity contribution in [3.8, 4) is 5.69 Å². The van der Waals surface area contributed by atoms with Crippen LogP contribution in [0.5, 0.6) is 0 Å². The van der Waals surface area contributed by atoms with E-state index in [1.165, 1.54) is 29.5 Å². The molecule has 1 saturated heterocycles. The second-order valence-corrected chi connectivity index (χ2v) is 8.07. The van der Waals surface area contributed by atoms with Gasteiger partial charge in [-0.1, -0.05) is 12.1 Å². The van der Waals surface area contributed by atoms with Crippen LogP contribution in [0, 0.1) is 13.8 Å². The fourth-order valence-corrected chi connectivity index (χ4v) is 4.29. The van der Waals surface area contributed by atoms with Crippen LogP contribution in [0.4, 0.5) is 5.95 Å². The molecule has 1 saturated carbocycles. The summed E-state index contributed by atoms with van der Waals surface area (Å²) in [4.78, 5) is 22.3. The molecule has 0 spiro atoms. The lowest BCUT2D eigenvalue weighted by Gasteiger charge is -2.15. The molecule has 1 aromatic carbocycles. The van der Waals surface area contributed by atoms with E-state index in [-0.39, 0.29) is 11.7 Å². The predicted octanol–water partition coefficient (Wildman–Crippen LogP) is 2.83. The smallest absolute Gasteiger partial charge is 0.263 e. The third kappa shape index (κ3) is 2.90. The number of benzene rings is 1. The molecule has 0 radical (unpaired) electrons. The number of nitrogens with one attached hydrogen (secondary N) is 1. The van der Waals surface area contributed by atoms with Crippen LogP contribution in [-0.4, -0.2) is 46.1 Å². The molecule has 7 nitrogen and oxygen atoms in total. The molecule has 146 valence electrons. The Balaban J connectivity index is 1.55. The Morgan fingerprint density at radius 3 is 2.57 bits per heavy atom. The maximum atomic E-state index is 12.7. The van der Waals surface area contributed by atoms with Crippen molar-refractivity contribution in [1.82, 2.24) is 19.7 Å². The summed E-state index contributed by atoms with van der Waals surface area (Å²) in [5, 5.41) is 5.16. The molecule has 2 aromatic heterocycles. The van der Waals surface area contributed by atoms with Gasteiger partial charge in [-0.15, -0.1) is 5.10 Å². The van der Waals surface area contributed by atoms with Crippen molar-refractivity contribution >= 4 is 17.0 Å². The fraction of sp³-hybridized carbons (Fsp3) is 0.476. The van der Waals surface area contributed by atoms with E-state index in [0.29, 0.717) is 22.9 Å². The minimum Gasteiger partial charge on any atom is -0.380 e. The summed E-state index contributed by atoms with van der Waals surface area (Å²) in [6.07, 6.45) is 5.46. The zero-order valence-electron chi connectivity index (χ0n) is 16.5. The first-order valence-corrected chi connectivity index (χ1v) is 9.92. The van der Waals surface area contributed by atoms with Gasteiger partial charge in [0.2, 0.25) is 5.95 Å². The van der Waals surface area contributed by atoms with Gasteiger partial charge in [-0.25, -0.2) is 4.68 Å². The lowest BCUT2D eigenvalue weighted by molar-refractivity contribution is 0.121. The summed E-state index contributed by atoms with van der Waals surface area (Å²) in [5.41, 5.74) is 5.11. The summed E-state index contributed by atoms with van der Waals surface area (Å²) >= 11 is 0. The van der Waals surface area contributed by atoms with E-state index < -0.39 is 0 Å². The number of aromatic nitrogens is 4. The van der Waals surface area contributed by atoms with Gasteiger partial charge in [-0.05, 0) is 55.7 Å². The molecule has 1 aliphatic carbocycles. The molecule has 2 fully saturated rings. The monoisotopic (exact) mass is 379 g/mol. The van der Waals surface area contributed by atoms with E-state index >= 15 is 0 Å². The largest absolute Gasteiger partial charge is 0.380 e. The molecule has 2 aliphatic rings. The number of aryl methyl sites for hydroxylation is 2. The van der Waals surface area contributed by atoms with Crippen LogP contribution in [0.15, 0.2) is 23.1 Å². The highest BCUT2D eigenvalue weighted by atomic mass is 16.5. The molecule has 28 heavy (non-hydrogen) atoms. The Bertz CT molecular complexity index is 1090. The van der Waals surface area contributed by atoms with E-state index in [1.54, 1.807) is 18.0 Å². The number of anilines is 1. The van der Waals surface area contributed by atoms with Crippen molar-refractivity contribution in [2.24, 2.45) is 0 Å². The summed E-state index contributed by atoms with van der Waals surface area (Å²) in [7, 11) is 1.72. The second-order valence-electron chi connectivity index (χ2n) is 8.07. The molecule has 3 aromatic rings. The molecule has 5 rings (SSSR count). The Labute approximate surface area is 163 Å². The normalized spacial score (nSPS) is 19.7. The van der Waals surface area contributed by atoms with Crippen molar-refractivity contribution in [3.05, 3.63) is 45.4 Å². The highest BCUT2D eigenvalue weighted by Gasteiger charge is 2.26. The number of hydrogen-bond donors (Lipinski definition) is 1. The van der Waals surface area contributed by atoms with Crippen LogP contribution in [0.25, 0.3) is 16.7 Å². The Morgan fingerprint density at radius 1 is 1.18 bits per heavy atom. The standard InChI is InChI=1S/C21H25N5O2/c1-12-8-15(14-4-5-14)9-13(2)18(12)26-11-17-19(24-26)22-21(23-20(17)27)25-7-6-16(10-25)28-3/h8-9,11,14,16H,4-7,10H2,1-3H3,(H,22,23,24,27)/t16-/m1/s1. The van der Waals surface area contributed by atoms with Crippen LogP contribution in [-0.2, 0) is 4.74 Å². The second kappa shape index (κ2) is 6.44. The fourth-order valence-electron chi connectivity index (χ4n) is 4.29. The summed E-state index contributed by atoms with van der Waals surface area (Å²) in [5.74, 6) is 1.28. The van der Waals surface area contributed by atoms with Crippen LogP contribution in [0.3, 0.4) is 0 Å². The first kappa shape index (κ1) is 17.4. The van der Waals surface area contributed by atoms with Crippen molar-refractivity contribution in [2.45, 2.75) is 45.1 Å². The van der Waals surface area contributed by atoms with Gasteiger partial charge in [0.05, 0.1) is 11.8 Å². The lowest BCUT2D eigenvalue weighted by Crippen LogP contribution is -2.26. The van der Waals surface area contributed by atoms with Gasteiger partial charge >= 0.3 is 0 Å². The molecule has 0 unspecified atom stereocenters. The summed E-state index contributed by atoms with van der Waals surface area (Å²) in [6.45, 7) is 5.76. The van der Waals surface area contributed by atoms with E-state index in [1.807, 2.05) is 0 Å². The highest BCUT2D eigenvalue weighted by molar-refractivity contribution is 5.75. The Hall–Kier alpha value is -2.67. The topological polar surface area (TPSA) is 76.0 Å². The molecule has 1 N–H and O–H groups in total. The Kier molecular flexibility index (Phi) is 4.01. The number of rotatable bonds is 4. The number of hydrogen-bond acceptors (Lipinski definition) is 5. The number of ether oxygens (including phenoxy) is 1. The zero-order chi connectivity index (χ0) is 19.4. The maximum absolute atomic E-state index is 12.7. The van der Waals surface area contributed by atoms with Crippen LogP contribution in [0.1, 0.15) is 41.9 Å². The van der Waals surface area contributed by atoms with Crippen molar-refractivity contribution < 1.29 is 4.74 Å². The summed E-state index contributed by atoms with van der Waals surface area (Å²) in [6, 6.07) is 4.51. The van der Waals surface area contributed by atoms with Gasteiger partial charge in [0.25, 0.3) is 5.56 Å². The maximum Gasteiger partial charge on any atom is 0.263 e. The van der Waals surface area contributed by atoms with E-state index in [4.69, 9.17) is 4.74 Å². The van der Waals surface area contributed by atoms with Gasteiger partial charge < -0.3 is 9.64 Å². The first-order valence-electron chi connectivity index (χ1n) is 9.92. The number of aromatic amines is 1. The van der Waals surface area contributed by atoms with Gasteiger partial charge in [-0.3, -0.25) is 9.78 Å². The minimum atomic E-state index is -0.156. The summed E-state index contributed by atoms with van der Waals surface area (Å²) < 4.78 is 7.22. The number of H-pyrrole nitrogens is 1. The molecule has 0 bridgehead atoms. The first-order chi connectivity index (χ1) is 13.5. The third-order valence-corrected chi connectivity index (χ3v) is 5.95. The van der Waals surface area contributed by atoms with Crippen molar-refractivity contribution in [3.63, 3.8) is 0 Å². The number of fused-ring (bicyclic) bond motifs is 1. The molecule has 0 amide bonds. The molecule has 3 heterocycles. The third-order valence-electron chi connectivity index (χ3n) is 5.95. The zero-order valence-corrected chi connectivity index (χ0v) is 16.5. The minimum absolute atomic E-state index is 0.156. The van der Waals surface area contributed by atoms with E-state index in [9.17, 15) is 4.79 Å². The average molecular weight is 379 g/mol. The average Bonchev–Trinajstić information content (AvgIpc) is 3.24. The Morgan fingerprint density at radius 2 is 1.93 bits per heavy atom. The van der Waals surface area contributed by atoms with Crippen LogP contribution in [0.2, 0.25) is 0 Å². The van der Waals surface area contributed by atoms with Gasteiger partial charge in [0.15, 0.2) is 5.65 Å². The van der Waals surface area contributed by atoms with Gasteiger partial charge in [-0.2, -0.15) is 4.98 Å². The van der Waals surface area contributed by atoms with Crippen molar-refractivity contribution in [1.29, 1.82) is 0 Å². The molecular formula is C21H25N5O2. The lowest BCUT2D eigenvalue weighted by atomic mass is 10.0. The molecule has 7 heteroatoms. The SMILES string of the molecule is CO[C@@H]1CCN(c2nc3nn(-c4c(C)cc(C5CC5)cc4C)cc3c(=O)[nH]2)C1. The van der Waals surface area contributed by atoms with E-state index in [2.05, 4.69) is 45.9 Å². The number of nitrogens with zero attached hydrogens (tertiary/aromatic N) is 4. The van der Waals surface area contributed by atoms with Crippen LogP contribution < -0.4 is 10.5 Å². The van der Waals surface area contributed by atoms with Gasteiger partial charge in [0.1, 0.15) is 5.39 Å². The van der Waals surface area contributed by atoms with E-state index in [0.717, 1.165) is 25.2 Å². The highest BCUT2D eigenvalue weighted by Crippen LogP contribution is 2.41. The molecule has 1 atom stereocenters. The quantitative estimate of drug-likeness (QED) is 0.754. The molecular weight excluding hydrogens is 354 g/mol.